The molecule has 1 heterocycles. The molecule has 0 fully saturated rings. The van der Waals surface area contributed by atoms with Crippen LogP contribution in [0.5, 0.6) is 0 Å². The number of nitrogens with zero attached hydrogens (tertiary/aromatic N) is 4. The van der Waals surface area contributed by atoms with E-state index in [-0.39, 0.29) is 17.5 Å². The Kier molecular flexibility index (Phi) is 6.82. The van der Waals surface area contributed by atoms with Crippen LogP contribution in [-0.4, -0.2) is 37.9 Å². The maximum Gasteiger partial charge on any atom is 0.237 e. The molecular formula is C24H25FN4OS. The molecule has 1 aliphatic rings. The Hall–Kier alpha value is -2.93. The normalized spacial score (nSPS) is 13.7. The maximum absolute atomic E-state index is 13.5. The van der Waals surface area contributed by atoms with Gasteiger partial charge in [-0.3, -0.25) is 9.36 Å². The minimum Gasteiger partial charge on any atom is -0.316 e. The van der Waals surface area contributed by atoms with E-state index in [1.165, 1.54) is 30.3 Å². The maximum atomic E-state index is 13.5. The van der Waals surface area contributed by atoms with Crippen molar-refractivity contribution in [3.8, 4) is 17.1 Å². The second-order valence-electron chi connectivity index (χ2n) is 7.35. The molecule has 0 saturated heterocycles. The minimum atomic E-state index is -0.304. The van der Waals surface area contributed by atoms with Crippen molar-refractivity contribution < 1.29 is 9.18 Å². The van der Waals surface area contributed by atoms with Gasteiger partial charge in [-0.05, 0) is 56.9 Å². The zero-order valence-electron chi connectivity index (χ0n) is 17.5. The van der Waals surface area contributed by atoms with E-state index in [0.29, 0.717) is 17.5 Å². The van der Waals surface area contributed by atoms with E-state index in [0.717, 1.165) is 36.2 Å². The number of halogens is 1. The second-order valence-corrected chi connectivity index (χ2v) is 8.29. The Morgan fingerprint density at radius 3 is 2.55 bits per heavy atom. The van der Waals surface area contributed by atoms with E-state index in [1.807, 2.05) is 46.7 Å². The van der Waals surface area contributed by atoms with Crippen LogP contribution in [0.3, 0.4) is 0 Å². The largest absolute Gasteiger partial charge is 0.316 e. The van der Waals surface area contributed by atoms with E-state index in [9.17, 15) is 9.18 Å². The van der Waals surface area contributed by atoms with E-state index >= 15 is 0 Å². The Morgan fingerprint density at radius 2 is 1.87 bits per heavy atom. The molecule has 0 bridgehead atoms. The van der Waals surface area contributed by atoms with E-state index < -0.39 is 0 Å². The van der Waals surface area contributed by atoms with Crippen LogP contribution in [0.25, 0.3) is 17.1 Å². The van der Waals surface area contributed by atoms with Crippen molar-refractivity contribution in [3.05, 3.63) is 72.2 Å². The van der Waals surface area contributed by atoms with Crippen molar-refractivity contribution in [2.45, 2.75) is 37.8 Å². The summed E-state index contributed by atoms with van der Waals surface area (Å²) in [4.78, 5) is 14.9. The summed E-state index contributed by atoms with van der Waals surface area (Å²) in [5.41, 5.74) is 2.78. The number of allylic oxidation sites excluding steroid dienone is 2. The third-order valence-corrected chi connectivity index (χ3v) is 6.22. The zero-order chi connectivity index (χ0) is 21.6. The van der Waals surface area contributed by atoms with Crippen LogP contribution in [0.15, 0.2) is 71.5 Å². The van der Waals surface area contributed by atoms with Crippen molar-refractivity contribution in [1.82, 2.24) is 19.7 Å². The third-order valence-electron chi connectivity index (χ3n) is 5.31. The lowest BCUT2D eigenvalue weighted by molar-refractivity contribution is -0.126. The molecule has 1 amide bonds. The van der Waals surface area contributed by atoms with Crippen LogP contribution in [0.4, 0.5) is 4.39 Å². The fourth-order valence-corrected chi connectivity index (χ4v) is 4.60. The van der Waals surface area contributed by atoms with Crippen LogP contribution < -0.4 is 0 Å². The molecule has 160 valence electrons. The molecule has 7 heteroatoms. The summed E-state index contributed by atoms with van der Waals surface area (Å²) in [6.45, 7) is 2.66. The summed E-state index contributed by atoms with van der Waals surface area (Å²) in [5.74, 6) is 0.682. The fourth-order valence-electron chi connectivity index (χ4n) is 3.77. The summed E-state index contributed by atoms with van der Waals surface area (Å²) in [6.07, 6.45) is 6.49. The number of amides is 1. The highest BCUT2D eigenvalue weighted by Crippen LogP contribution is 2.29. The van der Waals surface area contributed by atoms with Gasteiger partial charge >= 0.3 is 0 Å². The molecule has 0 spiro atoms. The van der Waals surface area contributed by atoms with Crippen molar-refractivity contribution in [2.75, 3.05) is 12.3 Å². The van der Waals surface area contributed by atoms with Gasteiger partial charge in [0.25, 0.3) is 0 Å². The van der Waals surface area contributed by atoms with Gasteiger partial charge in [-0.1, -0.05) is 48.2 Å². The monoisotopic (exact) mass is 436 g/mol. The van der Waals surface area contributed by atoms with Gasteiger partial charge in [0.05, 0.1) is 5.75 Å². The highest BCUT2D eigenvalue weighted by atomic mass is 32.2. The molecular weight excluding hydrogens is 411 g/mol. The molecule has 0 N–H and O–H groups in total. The van der Waals surface area contributed by atoms with Gasteiger partial charge in [0, 0.05) is 23.5 Å². The quantitative estimate of drug-likeness (QED) is 0.461. The molecule has 0 radical (unpaired) electrons. The average molecular weight is 437 g/mol. The Balaban J connectivity index is 1.61. The van der Waals surface area contributed by atoms with Gasteiger partial charge in [0.1, 0.15) is 5.82 Å². The SMILES string of the molecule is CCN(C(=O)CSc1nnc(-c2ccccc2)n1-c1ccc(F)cc1)C1=CCCCC1. The molecule has 0 saturated carbocycles. The predicted molar refractivity (Wildman–Crippen MR) is 121 cm³/mol. The average Bonchev–Trinajstić information content (AvgIpc) is 3.24. The predicted octanol–water partition coefficient (Wildman–Crippen LogP) is 5.47. The van der Waals surface area contributed by atoms with Crippen molar-refractivity contribution >= 4 is 17.7 Å². The first-order valence-corrected chi connectivity index (χ1v) is 11.5. The zero-order valence-corrected chi connectivity index (χ0v) is 18.3. The number of carbonyl (C=O) groups is 1. The number of benzene rings is 2. The van der Waals surface area contributed by atoms with E-state index in [4.69, 9.17) is 0 Å². The molecule has 31 heavy (non-hydrogen) atoms. The van der Waals surface area contributed by atoms with Crippen molar-refractivity contribution in [1.29, 1.82) is 0 Å². The molecule has 5 nitrogen and oxygen atoms in total. The highest BCUT2D eigenvalue weighted by molar-refractivity contribution is 7.99. The first-order valence-electron chi connectivity index (χ1n) is 10.6. The number of hydrogen-bond acceptors (Lipinski definition) is 4. The van der Waals surface area contributed by atoms with Gasteiger partial charge in [-0.25, -0.2) is 4.39 Å². The topological polar surface area (TPSA) is 51.0 Å². The number of thioether (sulfide) groups is 1. The molecule has 4 rings (SSSR count). The standard InChI is InChI=1S/C24H25FN4OS/c1-2-28(20-11-7-4-8-12-20)22(30)17-31-24-27-26-23(18-9-5-3-6-10-18)29(24)21-15-13-19(25)14-16-21/h3,5-6,9-11,13-16H,2,4,7-8,12,17H2,1H3. The summed E-state index contributed by atoms with van der Waals surface area (Å²) in [5, 5.41) is 9.34. The van der Waals surface area contributed by atoms with Gasteiger partial charge in [0.15, 0.2) is 11.0 Å². The first kappa shape index (κ1) is 21.3. The minimum absolute atomic E-state index is 0.0653. The first-order chi connectivity index (χ1) is 15.2. The Bertz CT molecular complexity index is 1060. The molecule has 1 aromatic heterocycles. The van der Waals surface area contributed by atoms with Gasteiger partial charge < -0.3 is 4.90 Å². The molecule has 0 unspecified atom stereocenters. The Morgan fingerprint density at radius 1 is 1.10 bits per heavy atom. The number of rotatable bonds is 7. The summed E-state index contributed by atoms with van der Waals surface area (Å²) in [6, 6.07) is 15.9. The third kappa shape index (κ3) is 4.88. The number of hydrogen-bond donors (Lipinski definition) is 0. The van der Waals surface area contributed by atoms with E-state index in [1.54, 1.807) is 12.1 Å². The second kappa shape index (κ2) is 9.92. The van der Waals surface area contributed by atoms with Crippen molar-refractivity contribution in [3.63, 3.8) is 0 Å². The van der Waals surface area contributed by atoms with Crippen LogP contribution in [0.1, 0.15) is 32.6 Å². The molecule has 3 aromatic rings. The molecule has 2 aromatic carbocycles. The van der Waals surface area contributed by atoms with Gasteiger partial charge in [0.2, 0.25) is 5.91 Å². The van der Waals surface area contributed by atoms with Crippen LogP contribution >= 0.6 is 11.8 Å². The van der Waals surface area contributed by atoms with Crippen molar-refractivity contribution in [2.24, 2.45) is 0 Å². The fraction of sp³-hybridized carbons (Fsp3) is 0.292. The van der Waals surface area contributed by atoms with Gasteiger partial charge in [-0.15, -0.1) is 10.2 Å². The highest BCUT2D eigenvalue weighted by Gasteiger charge is 2.21. The molecule has 0 atom stereocenters. The molecule has 1 aliphatic carbocycles. The van der Waals surface area contributed by atoms with Gasteiger partial charge in [-0.2, -0.15) is 0 Å². The smallest absolute Gasteiger partial charge is 0.237 e. The lowest BCUT2D eigenvalue weighted by Gasteiger charge is -2.26. The number of carbonyl (C=O) groups excluding carboxylic acids is 1. The summed E-state index contributed by atoms with van der Waals surface area (Å²) in [7, 11) is 0. The lowest BCUT2D eigenvalue weighted by Crippen LogP contribution is -2.32. The number of aromatic nitrogens is 3. The molecule has 0 aliphatic heterocycles. The summed E-state index contributed by atoms with van der Waals surface area (Å²) < 4.78 is 15.4. The van der Waals surface area contributed by atoms with Crippen LogP contribution in [0, 0.1) is 5.82 Å². The Labute approximate surface area is 186 Å². The summed E-state index contributed by atoms with van der Waals surface area (Å²) >= 11 is 1.35. The lowest BCUT2D eigenvalue weighted by atomic mass is 10.0. The van der Waals surface area contributed by atoms with E-state index in [2.05, 4.69) is 16.3 Å². The van der Waals surface area contributed by atoms with Crippen LogP contribution in [-0.2, 0) is 4.79 Å². The van der Waals surface area contributed by atoms with Crippen LogP contribution in [0.2, 0.25) is 0 Å².